The fraction of sp³-hybridized carbons (Fsp3) is 0.455. The lowest BCUT2D eigenvalue weighted by atomic mass is 10.3. The summed E-state index contributed by atoms with van der Waals surface area (Å²) in [6.07, 6.45) is 1.26. The average Bonchev–Trinajstić information content (AvgIpc) is 2.22. The van der Waals surface area contributed by atoms with E-state index in [1.165, 1.54) is 6.26 Å². The van der Waals surface area contributed by atoms with Gasteiger partial charge in [-0.1, -0.05) is 22.0 Å². The number of rotatable bonds is 7. The van der Waals surface area contributed by atoms with E-state index in [1.807, 2.05) is 24.3 Å². The van der Waals surface area contributed by atoms with Crippen molar-refractivity contribution in [1.82, 2.24) is 0 Å². The Morgan fingerprint density at radius 1 is 1.35 bits per heavy atom. The van der Waals surface area contributed by atoms with Crippen molar-refractivity contribution in [2.45, 2.75) is 0 Å². The standard InChI is InChI=1S/C11H15BrO3S2/c1-17(13,14)8-7-16-6-5-15-11-4-2-3-10(12)9-11/h2-4,9H,5-8H2,1H3. The van der Waals surface area contributed by atoms with E-state index in [4.69, 9.17) is 4.74 Å². The number of ether oxygens (including phenoxy) is 1. The summed E-state index contributed by atoms with van der Waals surface area (Å²) in [6, 6.07) is 7.65. The lowest BCUT2D eigenvalue weighted by molar-refractivity contribution is 0.344. The topological polar surface area (TPSA) is 43.4 Å². The smallest absolute Gasteiger partial charge is 0.148 e. The Labute approximate surface area is 115 Å². The van der Waals surface area contributed by atoms with Crippen LogP contribution in [0.5, 0.6) is 5.75 Å². The van der Waals surface area contributed by atoms with Crippen LogP contribution in [0.3, 0.4) is 0 Å². The highest BCUT2D eigenvalue weighted by atomic mass is 79.9. The molecule has 0 aromatic heterocycles. The molecule has 0 aliphatic carbocycles. The second-order valence-corrected chi connectivity index (χ2v) is 7.95. The Hall–Kier alpha value is -0.200. The zero-order chi connectivity index (χ0) is 12.7. The quantitative estimate of drug-likeness (QED) is 0.717. The number of benzene rings is 1. The van der Waals surface area contributed by atoms with Gasteiger partial charge in [0.1, 0.15) is 15.6 Å². The van der Waals surface area contributed by atoms with E-state index in [1.54, 1.807) is 11.8 Å². The first-order valence-electron chi connectivity index (χ1n) is 5.11. The highest BCUT2D eigenvalue weighted by molar-refractivity contribution is 9.10. The molecular formula is C11H15BrO3S2. The zero-order valence-corrected chi connectivity index (χ0v) is 12.8. The van der Waals surface area contributed by atoms with Gasteiger partial charge in [0.25, 0.3) is 0 Å². The third-order valence-electron chi connectivity index (χ3n) is 1.89. The molecule has 0 amide bonds. The maximum Gasteiger partial charge on any atom is 0.148 e. The van der Waals surface area contributed by atoms with E-state index in [9.17, 15) is 8.42 Å². The van der Waals surface area contributed by atoms with Crippen molar-refractivity contribution in [3.63, 3.8) is 0 Å². The molecular weight excluding hydrogens is 324 g/mol. The van der Waals surface area contributed by atoms with Gasteiger partial charge in [-0.2, -0.15) is 11.8 Å². The molecule has 3 nitrogen and oxygen atoms in total. The Kier molecular flexibility index (Phi) is 6.37. The van der Waals surface area contributed by atoms with Crippen LogP contribution in [0.15, 0.2) is 28.7 Å². The molecule has 96 valence electrons. The van der Waals surface area contributed by atoms with Gasteiger partial charge >= 0.3 is 0 Å². The third kappa shape index (κ3) is 7.68. The molecule has 0 unspecified atom stereocenters. The van der Waals surface area contributed by atoms with Crippen LogP contribution in [-0.2, 0) is 9.84 Å². The molecule has 0 atom stereocenters. The molecule has 0 aliphatic heterocycles. The summed E-state index contributed by atoms with van der Waals surface area (Å²) in [4.78, 5) is 0. The van der Waals surface area contributed by atoms with E-state index < -0.39 is 9.84 Å². The Morgan fingerprint density at radius 2 is 2.12 bits per heavy atom. The van der Waals surface area contributed by atoms with Gasteiger partial charge in [-0.25, -0.2) is 8.42 Å². The molecule has 0 bridgehead atoms. The van der Waals surface area contributed by atoms with Gasteiger partial charge in [0, 0.05) is 22.2 Å². The fourth-order valence-corrected chi connectivity index (χ4v) is 3.55. The van der Waals surface area contributed by atoms with Gasteiger partial charge in [-0.05, 0) is 18.2 Å². The number of halogens is 1. The minimum Gasteiger partial charge on any atom is -0.493 e. The Bertz CT molecular complexity index is 446. The maximum atomic E-state index is 10.9. The van der Waals surface area contributed by atoms with Crippen molar-refractivity contribution in [3.8, 4) is 5.75 Å². The van der Waals surface area contributed by atoms with Crippen LogP contribution in [0.25, 0.3) is 0 Å². The van der Waals surface area contributed by atoms with Gasteiger partial charge in [0.2, 0.25) is 0 Å². The van der Waals surface area contributed by atoms with Crippen molar-refractivity contribution < 1.29 is 13.2 Å². The average molecular weight is 339 g/mol. The van der Waals surface area contributed by atoms with Crippen LogP contribution >= 0.6 is 27.7 Å². The third-order valence-corrected chi connectivity index (χ3v) is 4.54. The molecule has 6 heteroatoms. The molecule has 1 aromatic rings. The van der Waals surface area contributed by atoms with Crippen LogP contribution in [0, 0.1) is 0 Å². The first-order valence-corrected chi connectivity index (χ1v) is 9.12. The first-order chi connectivity index (χ1) is 7.97. The van der Waals surface area contributed by atoms with E-state index in [0.29, 0.717) is 12.4 Å². The van der Waals surface area contributed by atoms with Gasteiger partial charge in [0.15, 0.2) is 0 Å². The molecule has 1 rings (SSSR count). The number of hydrogen-bond donors (Lipinski definition) is 0. The van der Waals surface area contributed by atoms with Gasteiger partial charge in [-0.3, -0.25) is 0 Å². The number of sulfone groups is 1. The molecule has 0 spiro atoms. The van der Waals surface area contributed by atoms with Crippen LogP contribution in [0.4, 0.5) is 0 Å². The lowest BCUT2D eigenvalue weighted by Crippen LogP contribution is -2.07. The first kappa shape index (κ1) is 14.9. The SMILES string of the molecule is CS(=O)(=O)CCSCCOc1cccc(Br)c1. The summed E-state index contributed by atoms with van der Waals surface area (Å²) in [7, 11) is -2.84. The molecule has 1 aromatic carbocycles. The molecule has 0 saturated heterocycles. The van der Waals surface area contributed by atoms with E-state index >= 15 is 0 Å². The normalized spacial score (nSPS) is 11.4. The summed E-state index contributed by atoms with van der Waals surface area (Å²) < 4.78 is 28.3. The van der Waals surface area contributed by atoms with Crippen molar-refractivity contribution >= 4 is 37.5 Å². The molecule has 17 heavy (non-hydrogen) atoms. The van der Waals surface area contributed by atoms with E-state index in [-0.39, 0.29) is 5.75 Å². The van der Waals surface area contributed by atoms with Gasteiger partial charge in [-0.15, -0.1) is 0 Å². The monoisotopic (exact) mass is 338 g/mol. The van der Waals surface area contributed by atoms with Crippen LogP contribution in [0.1, 0.15) is 0 Å². The van der Waals surface area contributed by atoms with Crippen molar-refractivity contribution in [2.75, 3.05) is 30.1 Å². The molecule has 0 fully saturated rings. The van der Waals surface area contributed by atoms with Crippen LogP contribution < -0.4 is 4.74 Å². The van der Waals surface area contributed by atoms with Crippen molar-refractivity contribution in [2.24, 2.45) is 0 Å². The number of hydrogen-bond acceptors (Lipinski definition) is 4. The summed E-state index contributed by atoms with van der Waals surface area (Å²) in [6.45, 7) is 0.588. The molecule has 0 N–H and O–H groups in total. The highest BCUT2D eigenvalue weighted by Gasteiger charge is 2.01. The van der Waals surface area contributed by atoms with Gasteiger partial charge in [0.05, 0.1) is 12.4 Å². The minimum atomic E-state index is -2.84. The highest BCUT2D eigenvalue weighted by Crippen LogP contribution is 2.17. The second kappa shape index (κ2) is 7.28. The maximum absolute atomic E-state index is 10.9. The zero-order valence-electron chi connectivity index (χ0n) is 9.56. The fourth-order valence-electron chi connectivity index (χ4n) is 1.09. The van der Waals surface area contributed by atoms with Gasteiger partial charge < -0.3 is 4.74 Å². The largest absolute Gasteiger partial charge is 0.493 e. The Morgan fingerprint density at radius 3 is 2.76 bits per heavy atom. The van der Waals surface area contributed by atoms with E-state index in [2.05, 4.69) is 15.9 Å². The molecule has 0 saturated carbocycles. The minimum absolute atomic E-state index is 0.231. The number of thioether (sulfide) groups is 1. The van der Waals surface area contributed by atoms with Crippen molar-refractivity contribution in [3.05, 3.63) is 28.7 Å². The van der Waals surface area contributed by atoms with Crippen molar-refractivity contribution in [1.29, 1.82) is 0 Å². The summed E-state index contributed by atoms with van der Waals surface area (Å²) in [5.41, 5.74) is 0. The second-order valence-electron chi connectivity index (χ2n) is 3.55. The summed E-state index contributed by atoms with van der Waals surface area (Å²) in [5.74, 6) is 2.47. The van der Waals surface area contributed by atoms with E-state index in [0.717, 1.165) is 16.0 Å². The van der Waals surface area contributed by atoms with Crippen LogP contribution in [-0.4, -0.2) is 38.5 Å². The molecule has 0 heterocycles. The van der Waals surface area contributed by atoms with Crippen LogP contribution in [0.2, 0.25) is 0 Å². The lowest BCUT2D eigenvalue weighted by Gasteiger charge is -2.06. The molecule has 0 radical (unpaired) electrons. The predicted octanol–water partition coefficient (Wildman–Crippen LogP) is 2.61. The Balaban J connectivity index is 2.13. The summed E-state index contributed by atoms with van der Waals surface area (Å²) >= 11 is 4.95. The molecule has 0 aliphatic rings. The predicted molar refractivity (Wildman–Crippen MR) is 76.7 cm³/mol. The summed E-state index contributed by atoms with van der Waals surface area (Å²) in [5, 5.41) is 0.